The summed E-state index contributed by atoms with van der Waals surface area (Å²) in [5, 5.41) is 2.67. The van der Waals surface area contributed by atoms with Gasteiger partial charge < -0.3 is 19.5 Å². The lowest BCUT2D eigenvalue weighted by molar-refractivity contribution is -0.121. The van der Waals surface area contributed by atoms with Crippen LogP contribution < -0.4 is 19.5 Å². The molecule has 0 spiro atoms. The summed E-state index contributed by atoms with van der Waals surface area (Å²) in [7, 11) is 0.359. The van der Waals surface area contributed by atoms with Gasteiger partial charge in [-0.25, -0.2) is 8.42 Å². The van der Waals surface area contributed by atoms with Gasteiger partial charge in [0.05, 0.1) is 32.2 Å². The third-order valence-corrected chi connectivity index (χ3v) is 6.64. The van der Waals surface area contributed by atoms with Gasteiger partial charge in [-0.2, -0.15) is 4.31 Å². The first-order valence-electron chi connectivity index (χ1n) is 10.2. The van der Waals surface area contributed by atoms with Crippen molar-refractivity contribution in [1.29, 1.82) is 0 Å². The molecule has 2 aromatic rings. The molecule has 0 unspecified atom stereocenters. The van der Waals surface area contributed by atoms with Gasteiger partial charge in [0.1, 0.15) is 12.4 Å². The lowest BCUT2D eigenvalue weighted by Gasteiger charge is -2.19. The smallest absolute Gasteiger partial charge is 0.243 e. The number of hydrogen-bond acceptors (Lipinski definition) is 6. The molecule has 9 heteroatoms. The van der Waals surface area contributed by atoms with Gasteiger partial charge in [0, 0.05) is 13.1 Å². The van der Waals surface area contributed by atoms with Gasteiger partial charge >= 0.3 is 0 Å². The third-order valence-electron chi connectivity index (χ3n) is 4.84. The molecule has 0 aromatic heterocycles. The summed E-state index contributed by atoms with van der Waals surface area (Å²) >= 11 is 0. The summed E-state index contributed by atoms with van der Waals surface area (Å²) in [5.74, 6) is 0.989. The molecule has 0 bridgehead atoms. The Morgan fingerprint density at radius 2 is 1.62 bits per heavy atom. The SMILES string of the molecule is COc1ccc(S(=O)(=O)N(C)CC(=O)NCCOc2ccc(C(C)(C)C)cc2)cc1OC. The number of likely N-dealkylation sites (N-methyl/N-ethyl adjacent to an activating group) is 1. The van der Waals surface area contributed by atoms with E-state index in [4.69, 9.17) is 14.2 Å². The maximum atomic E-state index is 12.8. The molecular formula is C23H32N2O6S. The first-order valence-corrected chi connectivity index (χ1v) is 11.6. The molecule has 32 heavy (non-hydrogen) atoms. The van der Waals surface area contributed by atoms with E-state index in [1.807, 2.05) is 24.3 Å². The highest BCUT2D eigenvalue weighted by atomic mass is 32.2. The Bertz CT molecular complexity index is 1010. The highest BCUT2D eigenvalue weighted by Gasteiger charge is 2.24. The van der Waals surface area contributed by atoms with Crippen LogP contribution in [-0.2, 0) is 20.2 Å². The summed E-state index contributed by atoms with van der Waals surface area (Å²) < 4.78 is 42.5. The quantitative estimate of drug-likeness (QED) is 0.544. The van der Waals surface area contributed by atoms with E-state index in [1.165, 1.54) is 45.0 Å². The molecule has 0 fully saturated rings. The zero-order valence-electron chi connectivity index (χ0n) is 19.5. The van der Waals surface area contributed by atoms with Crippen molar-refractivity contribution in [2.24, 2.45) is 0 Å². The monoisotopic (exact) mass is 464 g/mol. The van der Waals surface area contributed by atoms with Crippen LogP contribution in [0.3, 0.4) is 0 Å². The van der Waals surface area contributed by atoms with Crippen LogP contribution in [0.5, 0.6) is 17.2 Å². The van der Waals surface area contributed by atoms with Crippen molar-refractivity contribution < 1.29 is 27.4 Å². The van der Waals surface area contributed by atoms with Crippen LogP contribution >= 0.6 is 0 Å². The van der Waals surface area contributed by atoms with Gasteiger partial charge in [0.2, 0.25) is 15.9 Å². The van der Waals surface area contributed by atoms with Crippen LogP contribution in [0, 0.1) is 0 Å². The van der Waals surface area contributed by atoms with Gasteiger partial charge in [-0.05, 0) is 35.2 Å². The van der Waals surface area contributed by atoms with E-state index in [9.17, 15) is 13.2 Å². The second-order valence-electron chi connectivity index (χ2n) is 8.25. The fourth-order valence-corrected chi connectivity index (χ4v) is 4.05. The molecule has 2 aromatic carbocycles. The molecule has 0 aliphatic carbocycles. The van der Waals surface area contributed by atoms with E-state index in [2.05, 4.69) is 26.1 Å². The fourth-order valence-electron chi connectivity index (χ4n) is 2.91. The number of nitrogens with one attached hydrogen (secondary N) is 1. The van der Waals surface area contributed by atoms with E-state index in [-0.39, 0.29) is 30.0 Å². The molecule has 0 saturated heterocycles. The van der Waals surface area contributed by atoms with Crippen LogP contribution in [0.2, 0.25) is 0 Å². The number of amides is 1. The van der Waals surface area contributed by atoms with Gasteiger partial charge in [-0.1, -0.05) is 32.9 Å². The number of sulfonamides is 1. The first-order chi connectivity index (χ1) is 15.0. The Labute approximate surface area is 190 Å². The molecule has 1 N–H and O–H groups in total. The van der Waals surface area contributed by atoms with Crippen molar-refractivity contribution in [2.45, 2.75) is 31.1 Å². The Morgan fingerprint density at radius 1 is 1.00 bits per heavy atom. The Morgan fingerprint density at radius 3 is 2.19 bits per heavy atom. The minimum absolute atomic E-state index is 0.00693. The topological polar surface area (TPSA) is 94.2 Å². The van der Waals surface area contributed by atoms with Crippen LogP contribution in [-0.4, -0.2) is 59.6 Å². The van der Waals surface area contributed by atoms with Crippen molar-refractivity contribution >= 4 is 15.9 Å². The van der Waals surface area contributed by atoms with E-state index in [1.54, 1.807) is 0 Å². The average Bonchev–Trinajstić information content (AvgIpc) is 2.75. The Balaban J connectivity index is 1.86. The van der Waals surface area contributed by atoms with E-state index < -0.39 is 15.9 Å². The summed E-state index contributed by atoms with van der Waals surface area (Å²) in [6, 6.07) is 12.1. The van der Waals surface area contributed by atoms with Gasteiger partial charge in [-0.15, -0.1) is 0 Å². The van der Waals surface area contributed by atoms with Gasteiger partial charge in [0.15, 0.2) is 11.5 Å². The lowest BCUT2D eigenvalue weighted by atomic mass is 9.87. The average molecular weight is 465 g/mol. The molecule has 8 nitrogen and oxygen atoms in total. The number of carbonyl (C=O) groups excluding carboxylic acids is 1. The van der Waals surface area contributed by atoms with Gasteiger partial charge in [-0.3, -0.25) is 4.79 Å². The number of carbonyl (C=O) groups is 1. The van der Waals surface area contributed by atoms with Crippen LogP contribution in [0.25, 0.3) is 0 Å². The normalized spacial score (nSPS) is 11.8. The maximum Gasteiger partial charge on any atom is 0.243 e. The largest absolute Gasteiger partial charge is 0.493 e. The van der Waals surface area contributed by atoms with Crippen LogP contribution in [0.15, 0.2) is 47.4 Å². The lowest BCUT2D eigenvalue weighted by Crippen LogP contribution is -2.39. The predicted molar refractivity (Wildman–Crippen MR) is 123 cm³/mol. The second kappa shape index (κ2) is 10.7. The minimum atomic E-state index is -3.88. The van der Waals surface area contributed by atoms with Crippen molar-refractivity contribution in [2.75, 3.05) is 41.0 Å². The fraction of sp³-hybridized carbons (Fsp3) is 0.435. The number of ether oxygens (including phenoxy) is 3. The zero-order chi connectivity index (χ0) is 23.9. The third kappa shape index (κ3) is 6.61. The molecule has 0 heterocycles. The summed E-state index contributed by atoms with van der Waals surface area (Å²) in [6.45, 7) is 6.62. The standard InChI is InChI=1S/C23H32N2O6S/c1-23(2,3)17-7-9-18(10-8-17)31-14-13-24-22(26)16-25(4)32(27,28)19-11-12-20(29-5)21(15-19)30-6/h7-12,15H,13-14,16H2,1-6H3,(H,24,26). The summed E-state index contributed by atoms with van der Waals surface area (Å²) in [4.78, 5) is 12.2. The van der Waals surface area contributed by atoms with Crippen LogP contribution in [0.1, 0.15) is 26.3 Å². The molecule has 2 rings (SSSR count). The predicted octanol–water partition coefficient (Wildman–Crippen LogP) is 2.82. The second-order valence-corrected chi connectivity index (χ2v) is 10.3. The number of benzene rings is 2. The molecule has 0 saturated carbocycles. The molecule has 0 atom stereocenters. The van der Waals surface area contributed by atoms with Crippen LogP contribution in [0.4, 0.5) is 0 Å². The van der Waals surface area contributed by atoms with Crippen molar-refractivity contribution in [3.63, 3.8) is 0 Å². The Kier molecular flexibility index (Phi) is 8.51. The van der Waals surface area contributed by atoms with E-state index in [0.29, 0.717) is 17.2 Å². The minimum Gasteiger partial charge on any atom is -0.493 e. The summed E-state index contributed by atoms with van der Waals surface area (Å²) in [6.07, 6.45) is 0. The number of rotatable bonds is 10. The van der Waals surface area contributed by atoms with Crippen molar-refractivity contribution in [1.82, 2.24) is 9.62 Å². The highest BCUT2D eigenvalue weighted by Crippen LogP contribution is 2.30. The number of hydrogen-bond donors (Lipinski definition) is 1. The highest BCUT2D eigenvalue weighted by molar-refractivity contribution is 7.89. The zero-order valence-corrected chi connectivity index (χ0v) is 20.3. The molecule has 0 aliphatic heterocycles. The number of methoxy groups -OCH3 is 2. The maximum absolute atomic E-state index is 12.8. The number of nitrogens with zero attached hydrogens (tertiary/aromatic N) is 1. The molecule has 1 amide bonds. The van der Waals surface area contributed by atoms with Crippen molar-refractivity contribution in [3.8, 4) is 17.2 Å². The summed E-state index contributed by atoms with van der Waals surface area (Å²) in [5.41, 5.74) is 1.27. The van der Waals surface area contributed by atoms with E-state index >= 15 is 0 Å². The molecular weight excluding hydrogens is 432 g/mol. The molecule has 0 aliphatic rings. The molecule has 0 radical (unpaired) electrons. The van der Waals surface area contributed by atoms with E-state index in [0.717, 1.165) is 4.31 Å². The first kappa shape index (κ1) is 25.5. The van der Waals surface area contributed by atoms with Crippen molar-refractivity contribution in [3.05, 3.63) is 48.0 Å². The molecule has 176 valence electrons. The Hall–Kier alpha value is -2.78. The van der Waals surface area contributed by atoms with Gasteiger partial charge in [0.25, 0.3) is 0 Å².